The van der Waals surface area contributed by atoms with Gasteiger partial charge < -0.3 is 16.4 Å². The van der Waals surface area contributed by atoms with Crippen LogP contribution in [0.4, 0.5) is 4.39 Å². The van der Waals surface area contributed by atoms with Crippen LogP contribution in [0.15, 0.2) is 24.3 Å². The molecule has 0 bridgehead atoms. The molecular formula is C16H24FN3O2. The molecule has 5 nitrogen and oxygen atoms in total. The zero-order chi connectivity index (χ0) is 16.6. The first-order valence-electron chi connectivity index (χ1n) is 7.48. The van der Waals surface area contributed by atoms with Crippen LogP contribution in [-0.2, 0) is 4.79 Å². The molecule has 0 aliphatic carbocycles. The van der Waals surface area contributed by atoms with E-state index in [1.165, 1.54) is 24.3 Å². The van der Waals surface area contributed by atoms with E-state index in [-0.39, 0.29) is 17.6 Å². The molecule has 4 N–H and O–H groups in total. The minimum Gasteiger partial charge on any atom is -0.354 e. The number of nitrogens with one attached hydrogen (secondary N) is 2. The van der Waals surface area contributed by atoms with E-state index >= 15 is 0 Å². The first kappa shape index (κ1) is 18.1. The van der Waals surface area contributed by atoms with Crippen LogP contribution in [0.5, 0.6) is 0 Å². The minimum atomic E-state index is -0.855. The Kier molecular flexibility index (Phi) is 6.98. The number of benzene rings is 1. The van der Waals surface area contributed by atoms with E-state index in [1.54, 1.807) is 6.92 Å². The second-order valence-electron chi connectivity index (χ2n) is 5.54. The molecule has 0 saturated heterocycles. The highest BCUT2D eigenvalue weighted by molar-refractivity contribution is 5.94. The maximum absolute atomic E-state index is 12.7. The van der Waals surface area contributed by atoms with Crippen molar-refractivity contribution in [3.05, 3.63) is 35.6 Å². The molecule has 0 fully saturated rings. The lowest BCUT2D eigenvalue weighted by molar-refractivity contribution is -0.126. The van der Waals surface area contributed by atoms with Crippen LogP contribution in [0.25, 0.3) is 0 Å². The normalized spacial score (nSPS) is 13.3. The number of hydrogen-bond acceptors (Lipinski definition) is 3. The van der Waals surface area contributed by atoms with E-state index in [4.69, 9.17) is 5.73 Å². The lowest BCUT2D eigenvalue weighted by Gasteiger charge is -2.22. The van der Waals surface area contributed by atoms with E-state index in [9.17, 15) is 14.0 Å². The van der Waals surface area contributed by atoms with Gasteiger partial charge in [-0.1, -0.05) is 13.3 Å². The van der Waals surface area contributed by atoms with Gasteiger partial charge in [0.05, 0.1) is 5.54 Å². The van der Waals surface area contributed by atoms with Crippen molar-refractivity contribution >= 4 is 11.8 Å². The van der Waals surface area contributed by atoms with Crippen molar-refractivity contribution in [1.82, 2.24) is 10.6 Å². The zero-order valence-corrected chi connectivity index (χ0v) is 13.1. The van der Waals surface area contributed by atoms with Crippen molar-refractivity contribution in [3.63, 3.8) is 0 Å². The molecule has 1 rings (SSSR count). The third-order valence-corrected chi connectivity index (χ3v) is 3.32. The Morgan fingerprint density at radius 3 is 2.36 bits per heavy atom. The number of carbonyl (C=O) groups is 2. The summed E-state index contributed by atoms with van der Waals surface area (Å²) in [5, 5.41) is 5.48. The molecule has 2 amide bonds. The summed E-state index contributed by atoms with van der Waals surface area (Å²) in [7, 11) is 0. The molecule has 122 valence electrons. The SMILES string of the molecule is CCCC(C)(N)C(=O)NCCCNC(=O)c1ccc(F)cc1. The van der Waals surface area contributed by atoms with E-state index < -0.39 is 5.54 Å². The smallest absolute Gasteiger partial charge is 0.251 e. The van der Waals surface area contributed by atoms with Crippen molar-refractivity contribution < 1.29 is 14.0 Å². The highest BCUT2D eigenvalue weighted by Gasteiger charge is 2.26. The fraction of sp³-hybridized carbons (Fsp3) is 0.500. The number of carbonyl (C=O) groups excluding carboxylic acids is 2. The van der Waals surface area contributed by atoms with Crippen LogP contribution in [0.2, 0.25) is 0 Å². The Morgan fingerprint density at radius 1 is 1.18 bits per heavy atom. The second kappa shape index (κ2) is 8.48. The zero-order valence-electron chi connectivity index (χ0n) is 13.1. The van der Waals surface area contributed by atoms with Crippen LogP contribution in [0.1, 0.15) is 43.5 Å². The average Bonchev–Trinajstić information content (AvgIpc) is 2.47. The first-order chi connectivity index (χ1) is 10.4. The molecule has 1 aromatic rings. The van der Waals surface area contributed by atoms with Crippen LogP contribution < -0.4 is 16.4 Å². The molecule has 1 atom stereocenters. The van der Waals surface area contributed by atoms with E-state index in [2.05, 4.69) is 10.6 Å². The molecule has 0 saturated carbocycles. The number of rotatable bonds is 8. The van der Waals surface area contributed by atoms with Gasteiger partial charge in [0.15, 0.2) is 0 Å². The maximum Gasteiger partial charge on any atom is 0.251 e. The third kappa shape index (κ3) is 5.81. The van der Waals surface area contributed by atoms with Gasteiger partial charge >= 0.3 is 0 Å². The molecular weight excluding hydrogens is 285 g/mol. The van der Waals surface area contributed by atoms with Gasteiger partial charge in [-0.05, 0) is 44.0 Å². The van der Waals surface area contributed by atoms with Crippen molar-refractivity contribution in [2.75, 3.05) is 13.1 Å². The lowest BCUT2D eigenvalue weighted by Crippen LogP contribution is -2.51. The van der Waals surface area contributed by atoms with Crippen molar-refractivity contribution in [3.8, 4) is 0 Å². The topological polar surface area (TPSA) is 84.2 Å². The number of nitrogens with two attached hydrogens (primary N) is 1. The van der Waals surface area contributed by atoms with E-state index in [1.807, 2.05) is 6.92 Å². The summed E-state index contributed by atoms with van der Waals surface area (Å²) in [6.45, 7) is 4.55. The highest BCUT2D eigenvalue weighted by atomic mass is 19.1. The lowest BCUT2D eigenvalue weighted by atomic mass is 9.96. The Morgan fingerprint density at radius 2 is 1.77 bits per heavy atom. The van der Waals surface area contributed by atoms with Crippen LogP contribution in [0.3, 0.4) is 0 Å². The van der Waals surface area contributed by atoms with Gasteiger partial charge in [-0.25, -0.2) is 4.39 Å². The van der Waals surface area contributed by atoms with E-state index in [0.29, 0.717) is 31.5 Å². The fourth-order valence-corrected chi connectivity index (χ4v) is 2.03. The molecule has 1 unspecified atom stereocenters. The van der Waals surface area contributed by atoms with Gasteiger partial charge in [0.2, 0.25) is 5.91 Å². The summed E-state index contributed by atoms with van der Waals surface area (Å²) in [5.41, 5.74) is 5.46. The molecule has 0 aromatic heterocycles. The summed E-state index contributed by atoms with van der Waals surface area (Å²) in [5.74, 6) is -0.823. The Balaban J connectivity index is 2.24. The fourth-order valence-electron chi connectivity index (χ4n) is 2.03. The monoisotopic (exact) mass is 309 g/mol. The average molecular weight is 309 g/mol. The van der Waals surface area contributed by atoms with Gasteiger partial charge in [-0.3, -0.25) is 9.59 Å². The standard InChI is InChI=1S/C16H24FN3O2/c1-3-9-16(2,18)15(22)20-11-4-10-19-14(21)12-5-7-13(17)8-6-12/h5-8H,3-4,9-11,18H2,1-2H3,(H,19,21)(H,20,22). The van der Waals surface area contributed by atoms with Crippen LogP contribution >= 0.6 is 0 Å². The maximum atomic E-state index is 12.7. The van der Waals surface area contributed by atoms with Crippen molar-refractivity contribution in [2.24, 2.45) is 5.73 Å². The molecule has 6 heteroatoms. The summed E-state index contributed by atoms with van der Waals surface area (Å²) in [6, 6.07) is 5.34. The molecule has 0 aliphatic rings. The molecule has 0 aliphatic heterocycles. The summed E-state index contributed by atoms with van der Waals surface area (Å²) in [4.78, 5) is 23.6. The van der Waals surface area contributed by atoms with Gasteiger partial charge in [-0.2, -0.15) is 0 Å². The summed E-state index contributed by atoms with van der Waals surface area (Å²) < 4.78 is 12.7. The van der Waals surface area contributed by atoms with E-state index in [0.717, 1.165) is 6.42 Å². The highest BCUT2D eigenvalue weighted by Crippen LogP contribution is 2.08. The first-order valence-corrected chi connectivity index (χ1v) is 7.48. The Hall–Kier alpha value is -1.95. The van der Waals surface area contributed by atoms with Crippen LogP contribution in [0, 0.1) is 5.82 Å². The predicted molar refractivity (Wildman–Crippen MR) is 83.9 cm³/mol. The molecule has 0 heterocycles. The number of amides is 2. The molecule has 22 heavy (non-hydrogen) atoms. The number of halogens is 1. The minimum absolute atomic E-state index is 0.181. The molecule has 0 spiro atoms. The third-order valence-electron chi connectivity index (χ3n) is 3.32. The summed E-state index contributed by atoms with van der Waals surface area (Å²) in [6.07, 6.45) is 2.06. The van der Waals surface area contributed by atoms with Crippen molar-refractivity contribution in [2.45, 2.75) is 38.6 Å². The van der Waals surface area contributed by atoms with Gasteiger partial charge in [0.1, 0.15) is 5.82 Å². The van der Waals surface area contributed by atoms with Crippen LogP contribution in [-0.4, -0.2) is 30.4 Å². The Bertz CT molecular complexity index is 501. The molecule has 1 aromatic carbocycles. The largest absolute Gasteiger partial charge is 0.354 e. The van der Waals surface area contributed by atoms with Gasteiger partial charge in [0.25, 0.3) is 5.91 Å². The molecule has 0 radical (unpaired) electrons. The second-order valence-corrected chi connectivity index (χ2v) is 5.54. The Labute approximate surface area is 130 Å². The van der Waals surface area contributed by atoms with Crippen molar-refractivity contribution in [1.29, 1.82) is 0 Å². The number of hydrogen-bond donors (Lipinski definition) is 3. The van der Waals surface area contributed by atoms with Gasteiger partial charge in [-0.15, -0.1) is 0 Å². The van der Waals surface area contributed by atoms with Gasteiger partial charge in [0, 0.05) is 18.7 Å². The summed E-state index contributed by atoms with van der Waals surface area (Å²) >= 11 is 0. The predicted octanol–water partition coefficient (Wildman–Crippen LogP) is 1.58. The quantitative estimate of drug-likeness (QED) is 0.637.